The maximum Gasteiger partial charge on any atom is 0.319 e. The van der Waals surface area contributed by atoms with Crippen LogP contribution in [-0.4, -0.2) is 66.2 Å². The van der Waals surface area contributed by atoms with E-state index in [4.69, 9.17) is 9.47 Å². The Morgan fingerprint density at radius 1 is 1.20 bits per heavy atom. The van der Waals surface area contributed by atoms with Crippen LogP contribution in [0.1, 0.15) is 30.9 Å². The average molecular weight is 480 g/mol. The van der Waals surface area contributed by atoms with Crippen LogP contribution in [0, 0.1) is 0 Å². The summed E-state index contributed by atoms with van der Waals surface area (Å²) in [5.41, 5.74) is 3.30. The molecule has 0 spiro atoms. The fraction of sp³-hybridized carbons (Fsp3) is 0.385. The number of nitrogens with zero attached hydrogens (tertiary/aromatic N) is 2. The first-order valence-corrected chi connectivity index (χ1v) is 12.0. The molecule has 186 valence electrons. The minimum Gasteiger partial charge on any atom is -0.497 e. The van der Waals surface area contributed by atoms with Crippen LogP contribution in [0.3, 0.4) is 0 Å². The Kier molecular flexibility index (Phi) is 8.58. The first-order chi connectivity index (χ1) is 17.2. The number of aromatic nitrogens is 2. The first kappa shape index (κ1) is 24.6. The lowest BCUT2D eigenvalue weighted by molar-refractivity contribution is 0.235. The first-order valence-electron chi connectivity index (χ1n) is 12.0. The Morgan fingerprint density at radius 2 is 2.06 bits per heavy atom. The second-order valence-electron chi connectivity index (χ2n) is 8.54. The van der Waals surface area contributed by atoms with Gasteiger partial charge in [0.2, 0.25) is 0 Å². The van der Waals surface area contributed by atoms with E-state index in [9.17, 15) is 9.90 Å². The third-order valence-electron chi connectivity index (χ3n) is 6.14. The fourth-order valence-electron chi connectivity index (χ4n) is 4.25. The molecule has 1 aliphatic rings. The number of methoxy groups -OCH3 is 1. The van der Waals surface area contributed by atoms with Gasteiger partial charge in [-0.05, 0) is 67.7 Å². The Bertz CT molecular complexity index is 1080. The number of anilines is 1. The van der Waals surface area contributed by atoms with Gasteiger partial charge in [0.1, 0.15) is 18.1 Å². The number of carbonyl (C=O) groups is 1. The molecule has 0 saturated carbocycles. The standard InChI is InChI=1S/C26H33N5O4/c1-34-22-6-4-5-20(15-22)23(9-13-32)29-26(33)30-24-8-7-19(21-17-27-28-18-21)16-25(24)35-14-12-31-10-2-3-11-31/h4-8,15-18,23,32H,2-3,9-14H2,1H3,(H,27,28)(H2,29,30,33). The number of aliphatic hydroxyl groups is 1. The predicted molar refractivity (Wildman–Crippen MR) is 135 cm³/mol. The van der Waals surface area contributed by atoms with Gasteiger partial charge < -0.3 is 25.2 Å². The number of rotatable bonds is 11. The van der Waals surface area contributed by atoms with E-state index < -0.39 is 0 Å². The maximum absolute atomic E-state index is 13.0. The number of ether oxygens (including phenoxy) is 2. The molecule has 0 radical (unpaired) electrons. The molecule has 1 atom stereocenters. The number of carbonyl (C=O) groups excluding carboxylic acids is 1. The number of aliphatic hydroxyl groups excluding tert-OH is 1. The highest BCUT2D eigenvalue weighted by Gasteiger charge is 2.17. The van der Waals surface area contributed by atoms with E-state index in [-0.39, 0.29) is 18.7 Å². The zero-order valence-electron chi connectivity index (χ0n) is 20.0. The zero-order valence-corrected chi connectivity index (χ0v) is 20.0. The summed E-state index contributed by atoms with van der Waals surface area (Å²) in [6.07, 6.45) is 6.39. The number of urea groups is 1. The van der Waals surface area contributed by atoms with Crippen LogP contribution in [0.2, 0.25) is 0 Å². The Balaban J connectivity index is 1.47. The molecular formula is C26H33N5O4. The minimum absolute atomic E-state index is 0.0631. The lowest BCUT2D eigenvalue weighted by atomic mass is 10.0. The highest BCUT2D eigenvalue weighted by Crippen LogP contribution is 2.31. The van der Waals surface area contributed by atoms with Crippen LogP contribution >= 0.6 is 0 Å². The van der Waals surface area contributed by atoms with Crippen molar-refractivity contribution in [1.82, 2.24) is 20.4 Å². The Labute approximate surface area is 205 Å². The number of hydrogen-bond acceptors (Lipinski definition) is 6. The van der Waals surface area contributed by atoms with Gasteiger partial charge in [-0.3, -0.25) is 10.00 Å². The number of nitrogens with one attached hydrogen (secondary N) is 3. The van der Waals surface area contributed by atoms with Crippen molar-refractivity contribution in [2.24, 2.45) is 0 Å². The van der Waals surface area contributed by atoms with E-state index in [1.807, 2.05) is 48.7 Å². The van der Waals surface area contributed by atoms with Gasteiger partial charge in [0.05, 0.1) is 25.0 Å². The van der Waals surface area contributed by atoms with Gasteiger partial charge in [0.15, 0.2) is 0 Å². The molecule has 2 amide bonds. The third-order valence-corrected chi connectivity index (χ3v) is 6.14. The van der Waals surface area contributed by atoms with Crippen molar-refractivity contribution in [2.45, 2.75) is 25.3 Å². The second-order valence-corrected chi connectivity index (χ2v) is 8.54. The lowest BCUT2D eigenvalue weighted by Crippen LogP contribution is -2.33. The fourth-order valence-corrected chi connectivity index (χ4v) is 4.25. The van der Waals surface area contributed by atoms with Crippen molar-refractivity contribution in [3.05, 3.63) is 60.4 Å². The molecule has 2 heterocycles. The number of likely N-dealkylation sites (tertiary alicyclic amines) is 1. The minimum atomic E-state index is -0.383. The third kappa shape index (κ3) is 6.74. The molecule has 0 aliphatic carbocycles. The summed E-state index contributed by atoms with van der Waals surface area (Å²) in [4.78, 5) is 15.3. The van der Waals surface area contributed by atoms with Crippen molar-refractivity contribution in [1.29, 1.82) is 0 Å². The van der Waals surface area contributed by atoms with E-state index in [0.717, 1.165) is 36.3 Å². The van der Waals surface area contributed by atoms with Crippen LogP contribution in [0.25, 0.3) is 11.1 Å². The average Bonchev–Trinajstić information content (AvgIpc) is 3.60. The highest BCUT2D eigenvalue weighted by molar-refractivity contribution is 5.91. The van der Waals surface area contributed by atoms with Crippen molar-refractivity contribution >= 4 is 11.7 Å². The largest absolute Gasteiger partial charge is 0.497 e. The molecule has 9 heteroatoms. The number of amides is 2. The molecule has 0 bridgehead atoms. The molecular weight excluding hydrogens is 446 g/mol. The highest BCUT2D eigenvalue weighted by atomic mass is 16.5. The smallest absolute Gasteiger partial charge is 0.319 e. The summed E-state index contributed by atoms with van der Waals surface area (Å²) in [6.45, 7) is 3.51. The Morgan fingerprint density at radius 3 is 2.80 bits per heavy atom. The summed E-state index contributed by atoms with van der Waals surface area (Å²) in [6, 6.07) is 12.4. The molecule has 3 aromatic rings. The topological polar surface area (TPSA) is 112 Å². The molecule has 1 saturated heterocycles. The van der Waals surface area contributed by atoms with Gasteiger partial charge >= 0.3 is 6.03 Å². The maximum atomic E-state index is 13.0. The lowest BCUT2D eigenvalue weighted by Gasteiger charge is -2.21. The molecule has 1 aromatic heterocycles. The van der Waals surface area contributed by atoms with E-state index in [0.29, 0.717) is 30.2 Å². The summed E-state index contributed by atoms with van der Waals surface area (Å²) in [5.74, 6) is 1.29. The van der Waals surface area contributed by atoms with Crippen LogP contribution in [0.15, 0.2) is 54.9 Å². The van der Waals surface area contributed by atoms with Crippen molar-refractivity contribution < 1.29 is 19.4 Å². The normalized spacial score (nSPS) is 14.5. The second kappa shape index (κ2) is 12.2. The predicted octanol–water partition coefficient (Wildman–Crippen LogP) is 3.81. The molecule has 35 heavy (non-hydrogen) atoms. The van der Waals surface area contributed by atoms with Gasteiger partial charge in [0, 0.05) is 24.9 Å². The van der Waals surface area contributed by atoms with E-state index in [1.165, 1.54) is 12.8 Å². The molecule has 4 N–H and O–H groups in total. The molecule has 1 fully saturated rings. The number of aromatic amines is 1. The summed E-state index contributed by atoms with van der Waals surface area (Å²) in [5, 5.41) is 22.3. The van der Waals surface area contributed by atoms with Crippen LogP contribution < -0.4 is 20.1 Å². The molecule has 1 unspecified atom stereocenters. The zero-order chi connectivity index (χ0) is 24.5. The molecule has 2 aromatic carbocycles. The van der Waals surface area contributed by atoms with Gasteiger partial charge in [-0.15, -0.1) is 0 Å². The van der Waals surface area contributed by atoms with Crippen molar-refractivity contribution in [2.75, 3.05) is 45.3 Å². The summed E-state index contributed by atoms with van der Waals surface area (Å²) < 4.78 is 11.4. The van der Waals surface area contributed by atoms with E-state index >= 15 is 0 Å². The van der Waals surface area contributed by atoms with Crippen LogP contribution in [-0.2, 0) is 0 Å². The quantitative estimate of drug-likeness (QED) is 0.333. The van der Waals surface area contributed by atoms with Crippen LogP contribution in [0.4, 0.5) is 10.5 Å². The van der Waals surface area contributed by atoms with Crippen LogP contribution in [0.5, 0.6) is 11.5 Å². The van der Waals surface area contributed by atoms with E-state index in [2.05, 4.69) is 25.7 Å². The SMILES string of the molecule is COc1cccc(C(CCO)NC(=O)Nc2ccc(-c3cn[nH]c3)cc2OCCN2CCCC2)c1. The van der Waals surface area contributed by atoms with Gasteiger partial charge in [-0.2, -0.15) is 5.10 Å². The summed E-state index contributed by atoms with van der Waals surface area (Å²) in [7, 11) is 1.60. The molecule has 1 aliphatic heterocycles. The van der Waals surface area contributed by atoms with Gasteiger partial charge in [-0.1, -0.05) is 18.2 Å². The monoisotopic (exact) mass is 479 g/mol. The molecule has 9 nitrogen and oxygen atoms in total. The number of benzene rings is 2. The van der Waals surface area contributed by atoms with Crippen molar-refractivity contribution in [3.8, 4) is 22.6 Å². The Hall–Kier alpha value is -3.56. The molecule has 4 rings (SSSR count). The summed E-state index contributed by atoms with van der Waals surface area (Å²) >= 11 is 0. The number of hydrogen-bond donors (Lipinski definition) is 4. The van der Waals surface area contributed by atoms with Crippen molar-refractivity contribution in [3.63, 3.8) is 0 Å². The van der Waals surface area contributed by atoms with Gasteiger partial charge in [0.25, 0.3) is 0 Å². The van der Waals surface area contributed by atoms with Gasteiger partial charge in [-0.25, -0.2) is 4.79 Å². The van der Waals surface area contributed by atoms with E-state index in [1.54, 1.807) is 13.3 Å². The number of H-pyrrole nitrogens is 1.